The quantitative estimate of drug-likeness (QED) is 0.236. The van der Waals surface area contributed by atoms with E-state index in [1.807, 2.05) is 36.5 Å². The number of pyridine rings is 2. The van der Waals surface area contributed by atoms with Gasteiger partial charge >= 0.3 is 0 Å². The van der Waals surface area contributed by atoms with Crippen molar-refractivity contribution in [2.45, 2.75) is 19.3 Å². The number of rotatable bonds is 5. The predicted molar refractivity (Wildman–Crippen MR) is 165 cm³/mol. The van der Waals surface area contributed by atoms with E-state index in [2.05, 4.69) is 38.6 Å². The lowest BCUT2D eigenvalue weighted by Gasteiger charge is -2.12. The highest BCUT2D eigenvalue weighted by molar-refractivity contribution is 5.85. The number of phenolic OH excluding ortho intramolecular Hbond substituents is 1. The number of aryl methyl sites for hydroxylation is 2. The molecule has 0 amide bonds. The maximum Gasteiger partial charge on any atom is 0.201 e. The van der Waals surface area contributed by atoms with Crippen LogP contribution in [0.2, 0.25) is 0 Å². The van der Waals surface area contributed by atoms with Crippen molar-refractivity contribution in [3.63, 3.8) is 0 Å². The van der Waals surface area contributed by atoms with Gasteiger partial charge in [0.1, 0.15) is 11.3 Å². The van der Waals surface area contributed by atoms with Crippen molar-refractivity contribution in [1.29, 1.82) is 0 Å². The second-order valence-electron chi connectivity index (χ2n) is 9.74. The molecule has 5 N–H and O–H groups in total. The van der Waals surface area contributed by atoms with Crippen LogP contribution in [-0.2, 0) is 12.8 Å². The van der Waals surface area contributed by atoms with Crippen molar-refractivity contribution in [3.8, 4) is 28.6 Å². The molecule has 1 aliphatic carbocycles. The highest BCUT2D eigenvalue weighted by Crippen LogP contribution is 2.33. The first-order valence-corrected chi connectivity index (χ1v) is 13.8. The minimum atomic E-state index is -1.59. The molecule has 0 spiro atoms. The van der Waals surface area contributed by atoms with Gasteiger partial charge in [-0.15, -0.1) is 0 Å². The summed E-state index contributed by atoms with van der Waals surface area (Å²) in [4.78, 5) is 34.4. The van der Waals surface area contributed by atoms with Crippen LogP contribution < -0.4 is 11.5 Å². The summed E-state index contributed by atoms with van der Waals surface area (Å²) in [5, 5.41) is 13.2. The molecule has 7 rings (SSSR count). The van der Waals surface area contributed by atoms with Gasteiger partial charge in [0.25, 0.3) is 0 Å². The Balaban J connectivity index is 0.000000226. The molecule has 1 aliphatic rings. The smallest absolute Gasteiger partial charge is 0.201 e. The van der Waals surface area contributed by atoms with Crippen LogP contribution in [0.5, 0.6) is 5.75 Å². The van der Waals surface area contributed by atoms with Crippen LogP contribution in [0.25, 0.3) is 34.1 Å². The number of imidazole rings is 1. The summed E-state index contributed by atoms with van der Waals surface area (Å²) >= 11 is 0. The fourth-order valence-electron chi connectivity index (χ4n) is 5.04. The van der Waals surface area contributed by atoms with E-state index in [9.17, 15) is 18.4 Å². The van der Waals surface area contributed by atoms with Crippen molar-refractivity contribution in [2.24, 2.45) is 5.73 Å². The third-order valence-corrected chi connectivity index (χ3v) is 7.14. The summed E-state index contributed by atoms with van der Waals surface area (Å²) in [5.74, 6) is -2.22. The number of aldehydes is 2. The zero-order valence-electron chi connectivity index (χ0n) is 24.1. The van der Waals surface area contributed by atoms with Gasteiger partial charge < -0.3 is 16.6 Å². The number of halogens is 2. The van der Waals surface area contributed by atoms with Gasteiger partial charge in [-0.2, -0.15) is 9.49 Å². The summed E-state index contributed by atoms with van der Waals surface area (Å²) < 4.78 is 29.2. The van der Waals surface area contributed by atoms with Gasteiger partial charge in [0.15, 0.2) is 41.4 Å². The Bertz CT molecular complexity index is 1980. The molecule has 0 aliphatic heterocycles. The fraction of sp³-hybridized carbons (Fsp3) is 0.125. The van der Waals surface area contributed by atoms with Crippen molar-refractivity contribution >= 4 is 29.6 Å². The molecule has 45 heavy (non-hydrogen) atoms. The standard InChI is InChI=1S/C23H19N7.C8H4F2O3.CH5N/c24-21-18(6-2-11-25-21)22-27-19-9-10-20(29-13-3-12-26-29)28-23(19)30(22)17-8-7-15-4-1-5-16(15)14-17;9-6-4(2-11)1-5(3-12)8(13)7(6)10;1-2/h2-3,6-14H,1,4-5H2,(H2,24,25);1-3,13H;2H2,1H3. The number of phenols is 1. The Morgan fingerprint density at radius 2 is 1.67 bits per heavy atom. The largest absolute Gasteiger partial charge is 0.504 e. The average Bonchev–Trinajstić information content (AvgIpc) is 3.85. The molecule has 0 radical (unpaired) electrons. The van der Waals surface area contributed by atoms with Crippen molar-refractivity contribution in [2.75, 3.05) is 12.8 Å². The highest BCUT2D eigenvalue weighted by atomic mass is 19.2. The maximum atomic E-state index is 12.7. The Morgan fingerprint density at radius 1 is 0.889 bits per heavy atom. The molecule has 0 unspecified atom stereocenters. The van der Waals surface area contributed by atoms with Gasteiger partial charge in [0, 0.05) is 24.3 Å². The number of nitrogens with two attached hydrogens (primary N) is 2. The van der Waals surface area contributed by atoms with Crippen LogP contribution in [0, 0.1) is 11.6 Å². The second-order valence-corrected chi connectivity index (χ2v) is 9.74. The molecule has 0 fully saturated rings. The lowest BCUT2D eigenvalue weighted by Crippen LogP contribution is -2.04. The number of hydrogen-bond donors (Lipinski definition) is 3. The Hall–Kier alpha value is -5.82. The van der Waals surface area contributed by atoms with Crippen LogP contribution in [0.3, 0.4) is 0 Å². The Kier molecular flexibility index (Phi) is 9.00. The molecule has 0 saturated carbocycles. The summed E-state index contributed by atoms with van der Waals surface area (Å²) in [5.41, 5.74) is 15.9. The lowest BCUT2D eigenvalue weighted by atomic mass is 10.1. The molecule has 13 heteroatoms. The van der Waals surface area contributed by atoms with E-state index in [1.165, 1.54) is 24.6 Å². The first kappa shape index (κ1) is 30.6. The lowest BCUT2D eigenvalue weighted by molar-refractivity contribution is 0.111. The number of nitrogens with zero attached hydrogens (tertiary/aromatic N) is 6. The van der Waals surface area contributed by atoms with Crippen molar-refractivity contribution in [1.82, 2.24) is 29.3 Å². The molecule has 228 valence electrons. The topological polar surface area (TPSA) is 168 Å². The van der Waals surface area contributed by atoms with Gasteiger partial charge in [-0.1, -0.05) is 6.07 Å². The number of carbonyl (C=O) groups excluding carboxylic acids is 2. The molecule has 2 aromatic carbocycles. The van der Waals surface area contributed by atoms with E-state index in [0.29, 0.717) is 5.82 Å². The van der Waals surface area contributed by atoms with Gasteiger partial charge in [-0.05, 0) is 86.0 Å². The third kappa shape index (κ3) is 5.88. The summed E-state index contributed by atoms with van der Waals surface area (Å²) in [7, 11) is 1.50. The van der Waals surface area contributed by atoms with Crippen molar-refractivity contribution < 1.29 is 23.5 Å². The predicted octanol–water partition coefficient (Wildman–Crippen LogP) is 4.61. The van der Waals surface area contributed by atoms with Crippen LogP contribution in [0.15, 0.2) is 73.2 Å². The van der Waals surface area contributed by atoms with Crippen molar-refractivity contribution in [3.05, 3.63) is 107 Å². The second kappa shape index (κ2) is 13.2. The Labute approximate surface area is 255 Å². The SMILES string of the molecule is CN.Nc1ncccc1-c1nc2ccc(-n3cccn3)nc2n1-c1ccc2c(c1)CCC2.O=Cc1cc(C=O)c(F)c(F)c1O. The number of aromatic nitrogens is 6. The molecule has 11 nitrogen and oxygen atoms in total. The monoisotopic (exact) mass is 610 g/mol. The zero-order chi connectivity index (χ0) is 32.1. The zero-order valence-corrected chi connectivity index (χ0v) is 24.1. The minimum Gasteiger partial charge on any atom is -0.504 e. The molecule has 0 bridgehead atoms. The van der Waals surface area contributed by atoms with Crippen LogP contribution in [0.4, 0.5) is 14.6 Å². The van der Waals surface area contributed by atoms with Crippen LogP contribution in [-0.4, -0.2) is 54.0 Å². The van der Waals surface area contributed by atoms with Gasteiger partial charge in [-0.25, -0.2) is 24.0 Å². The molecule has 4 heterocycles. The molecule has 6 aromatic rings. The molecule has 4 aromatic heterocycles. The number of hydrogen-bond acceptors (Lipinski definition) is 9. The van der Waals surface area contributed by atoms with E-state index in [1.54, 1.807) is 17.1 Å². The summed E-state index contributed by atoms with van der Waals surface area (Å²) in [6.07, 6.45) is 8.95. The number of carbonyl (C=O) groups is 2. The number of fused-ring (bicyclic) bond motifs is 2. The van der Waals surface area contributed by atoms with E-state index < -0.39 is 28.5 Å². The van der Waals surface area contributed by atoms with E-state index >= 15 is 0 Å². The summed E-state index contributed by atoms with van der Waals surface area (Å²) in [6.45, 7) is 0. The average molecular weight is 611 g/mol. The third-order valence-electron chi connectivity index (χ3n) is 7.14. The first-order valence-electron chi connectivity index (χ1n) is 13.8. The van der Waals surface area contributed by atoms with E-state index in [4.69, 9.17) is 20.8 Å². The van der Waals surface area contributed by atoms with Gasteiger partial charge in [0.2, 0.25) is 5.82 Å². The Morgan fingerprint density at radius 3 is 2.38 bits per heavy atom. The number of nitrogen functional groups attached to an aromatic ring is 1. The van der Waals surface area contributed by atoms with Crippen LogP contribution >= 0.6 is 0 Å². The summed E-state index contributed by atoms with van der Waals surface area (Å²) in [6, 6.07) is 17.0. The minimum absolute atomic E-state index is 0.0604. The van der Waals surface area contributed by atoms with Crippen LogP contribution in [0.1, 0.15) is 38.3 Å². The maximum absolute atomic E-state index is 12.7. The first-order chi connectivity index (χ1) is 21.9. The highest BCUT2D eigenvalue weighted by Gasteiger charge is 2.21. The normalized spacial score (nSPS) is 11.6. The van der Waals surface area contributed by atoms with Gasteiger partial charge in [0.05, 0.1) is 16.7 Å². The molecular weight excluding hydrogens is 582 g/mol. The molecule has 0 atom stereocenters. The van der Waals surface area contributed by atoms with E-state index in [0.717, 1.165) is 53.0 Å². The number of aromatic hydroxyl groups is 1. The fourth-order valence-corrected chi connectivity index (χ4v) is 5.04. The molecular formula is C32H28F2N8O3. The number of benzene rings is 2. The van der Waals surface area contributed by atoms with E-state index in [-0.39, 0.29) is 12.6 Å². The number of anilines is 1. The molecule has 0 saturated heterocycles. The van der Waals surface area contributed by atoms with Gasteiger partial charge in [-0.3, -0.25) is 14.2 Å².